The Kier molecular flexibility index (Phi) is 4.38. The largest absolute Gasteiger partial charge is 0.322 e. The van der Waals surface area contributed by atoms with Crippen molar-refractivity contribution in [2.75, 3.05) is 0 Å². The number of aromatic nitrogens is 2. The molecule has 0 spiro atoms. The van der Waals surface area contributed by atoms with E-state index in [1.807, 2.05) is 12.1 Å². The van der Waals surface area contributed by atoms with Crippen LogP contribution in [0.5, 0.6) is 0 Å². The van der Waals surface area contributed by atoms with E-state index >= 15 is 0 Å². The SMILES string of the molecule is CC(C)(C)c1csc(CC(N)c2ccc(Br)cn2)n1. The number of hydrogen-bond donors (Lipinski definition) is 1. The molecule has 102 valence electrons. The quantitative estimate of drug-likeness (QED) is 0.924. The van der Waals surface area contributed by atoms with Gasteiger partial charge in [0.25, 0.3) is 0 Å². The summed E-state index contributed by atoms with van der Waals surface area (Å²) in [5, 5.41) is 3.19. The number of rotatable bonds is 3. The van der Waals surface area contributed by atoms with Crippen molar-refractivity contribution in [2.24, 2.45) is 5.73 Å². The molecule has 0 amide bonds. The molecule has 0 radical (unpaired) electrons. The number of nitrogens with two attached hydrogens (primary N) is 1. The summed E-state index contributed by atoms with van der Waals surface area (Å²) in [7, 11) is 0. The minimum absolute atomic E-state index is 0.0920. The first-order chi connectivity index (χ1) is 8.86. The van der Waals surface area contributed by atoms with E-state index in [1.54, 1.807) is 17.5 Å². The van der Waals surface area contributed by atoms with Crippen LogP contribution in [0.4, 0.5) is 0 Å². The second kappa shape index (κ2) is 5.69. The summed E-state index contributed by atoms with van der Waals surface area (Å²) in [6, 6.07) is 3.81. The number of pyridine rings is 1. The summed E-state index contributed by atoms with van der Waals surface area (Å²) in [4.78, 5) is 9.00. The first kappa shape index (κ1) is 14.6. The van der Waals surface area contributed by atoms with Crippen molar-refractivity contribution in [2.45, 2.75) is 38.6 Å². The zero-order valence-corrected chi connectivity index (χ0v) is 13.8. The third kappa shape index (κ3) is 3.84. The number of hydrogen-bond acceptors (Lipinski definition) is 4. The van der Waals surface area contributed by atoms with Gasteiger partial charge in [-0.1, -0.05) is 20.8 Å². The van der Waals surface area contributed by atoms with Crippen molar-refractivity contribution >= 4 is 27.3 Å². The third-order valence-electron chi connectivity index (χ3n) is 2.84. The van der Waals surface area contributed by atoms with Gasteiger partial charge in [-0.15, -0.1) is 11.3 Å². The molecule has 19 heavy (non-hydrogen) atoms. The average molecular weight is 340 g/mol. The topological polar surface area (TPSA) is 51.8 Å². The molecule has 3 nitrogen and oxygen atoms in total. The fourth-order valence-electron chi connectivity index (χ4n) is 1.65. The van der Waals surface area contributed by atoms with Crippen LogP contribution in [-0.4, -0.2) is 9.97 Å². The lowest BCUT2D eigenvalue weighted by Gasteiger charge is -2.14. The highest BCUT2D eigenvalue weighted by molar-refractivity contribution is 9.10. The minimum atomic E-state index is -0.105. The van der Waals surface area contributed by atoms with Crippen LogP contribution in [0.15, 0.2) is 28.2 Å². The summed E-state index contributed by atoms with van der Waals surface area (Å²) in [5.74, 6) is 0. The molecule has 1 unspecified atom stereocenters. The maximum absolute atomic E-state index is 6.18. The Labute approximate surface area is 126 Å². The molecule has 0 aliphatic heterocycles. The molecule has 2 heterocycles. The monoisotopic (exact) mass is 339 g/mol. The molecular formula is C14H18BrN3S. The van der Waals surface area contributed by atoms with Crippen LogP contribution in [0.2, 0.25) is 0 Å². The van der Waals surface area contributed by atoms with E-state index in [9.17, 15) is 0 Å². The maximum atomic E-state index is 6.18. The highest BCUT2D eigenvalue weighted by Gasteiger charge is 2.18. The highest BCUT2D eigenvalue weighted by atomic mass is 79.9. The van der Waals surface area contributed by atoms with E-state index in [1.165, 1.54) is 0 Å². The van der Waals surface area contributed by atoms with E-state index in [0.717, 1.165) is 27.3 Å². The maximum Gasteiger partial charge on any atom is 0.0948 e. The van der Waals surface area contributed by atoms with Crippen LogP contribution >= 0.6 is 27.3 Å². The van der Waals surface area contributed by atoms with E-state index in [4.69, 9.17) is 5.73 Å². The summed E-state index contributed by atoms with van der Waals surface area (Å²) in [5.41, 5.74) is 8.30. The fourth-order valence-corrected chi connectivity index (χ4v) is 2.96. The Morgan fingerprint density at radius 3 is 2.63 bits per heavy atom. The molecule has 2 aromatic rings. The van der Waals surface area contributed by atoms with Gasteiger partial charge >= 0.3 is 0 Å². The molecule has 0 fully saturated rings. The normalized spacial score (nSPS) is 13.5. The van der Waals surface area contributed by atoms with Crippen LogP contribution in [0.3, 0.4) is 0 Å². The van der Waals surface area contributed by atoms with Crippen molar-refractivity contribution in [1.29, 1.82) is 0 Å². The molecule has 2 aromatic heterocycles. The lowest BCUT2D eigenvalue weighted by Crippen LogP contribution is -2.15. The Morgan fingerprint density at radius 2 is 2.11 bits per heavy atom. The van der Waals surface area contributed by atoms with Gasteiger partial charge < -0.3 is 5.73 Å². The number of halogens is 1. The van der Waals surface area contributed by atoms with E-state index < -0.39 is 0 Å². The van der Waals surface area contributed by atoms with E-state index in [0.29, 0.717) is 0 Å². The van der Waals surface area contributed by atoms with Crippen LogP contribution in [0, 0.1) is 0 Å². The summed E-state index contributed by atoms with van der Waals surface area (Å²) >= 11 is 5.05. The molecule has 0 bridgehead atoms. The van der Waals surface area contributed by atoms with Gasteiger partial charge in [-0.2, -0.15) is 0 Å². The fraction of sp³-hybridized carbons (Fsp3) is 0.429. The lowest BCUT2D eigenvalue weighted by molar-refractivity contribution is 0.568. The molecule has 5 heteroatoms. The molecule has 2 rings (SSSR count). The predicted molar refractivity (Wildman–Crippen MR) is 83.4 cm³/mol. The third-order valence-corrected chi connectivity index (χ3v) is 4.19. The minimum Gasteiger partial charge on any atom is -0.322 e. The van der Waals surface area contributed by atoms with Crippen LogP contribution in [0.25, 0.3) is 0 Å². The van der Waals surface area contributed by atoms with Crippen LogP contribution in [0.1, 0.15) is 43.2 Å². The first-order valence-corrected chi connectivity index (χ1v) is 7.85. The van der Waals surface area contributed by atoms with E-state index in [2.05, 4.69) is 52.0 Å². The second-order valence-electron chi connectivity index (χ2n) is 5.59. The summed E-state index contributed by atoms with van der Waals surface area (Å²) in [6.07, 6.45) is 2.51. The lowest BCUT2D eigenvalue weighted by atomic mass is 9.93. The predicted octanol–water partition coefficient (Wildman–Crippen LogP) is 3.84. The zero-order chi connectivity index (χ0) is 14.0. The Balaban J connectivity index is 2.08. The van der Waals surface area contributed by atoms with Gasteiger partial charge in [0.15, 0.2) is 0 Å². The van der Waals surface area contributed by atoms with Crippen LogP contribution in [-0.2, 0) is 11.8 Å². The van der Waals surface area contributed by atoms with Crippen molar-refractivity contribution in [3.8, 4) is 0 Å². The van der Waals surface area contributed by atoms with Gasteiger partial charge in [0.2, 0.25) is 0 Å². The Morgan fingerprint density at radius 1 is 1.37 bits per heavy atom. The average Bonchev–Trinajstić information content (AvgIpc) is 2.78. The van der Waals surface area contributed by atoms with Gasteiger partial charge in [-0.3, -0.25) is 4.98 Å². The number of nitrogens with zero attached hydrogens (tertiary/aromatic N) is 2. The van der Waals surface area contributed by atoms with E-state index in [-0.39, 0.29) is 11.5 Å². The van der Waals surface area contributed by atoms with Gasteiger partial charge in [0.1, 0.15) is 0 Å². The molecule has 0 aromatic carbocycles. The Hall–Kier alpha value is -0.780. The zero-order valence-electron chi connectivity index (χ0n) is 11.4. The van der Waals surface area contributed by atoms with Gasteiger partial charge in [-0.25, -0.2) is 4.98 Å². The van der Waals surface area contributed by atoms with Gasteiger partial charge in [0, 0.05) is 27.9 Å². The van der Waals surface area contributed by atoms with Crippen LogP contribution < -0.4 is 5.73 Å². The van der Waals surface area contributed by atoms with Crippen molar-refractivity contribution in [3.63, 3.8) is 0 Å². The van der Waals surface area contributed by atoms with Crippen molar-refractivity contribution < 1.29 is 0 Å². The van der Waals surface area contributed by atoms with Crippen molar-refractivity contribution in [1.82, 2.24) is 9.97 Å². The molecule has 0 aliphatic rings. The van der Waals surface area contributed by atoms with Gasteiger partial charge in [-0.05, 0) is 28.1 Å². The molecule has 0 saturated heterocycles. The molecule has 2 N–H and O–H groups in total. The second-order valence-corrected chi connectivity index (χ2v) is 7.45. The molecule has 0 saturated carbocycles. The van der Waals surface area contributed by atoms with Gasteiger partial charge in [0.05, 0.1) is 22.4 Å². The Bertz CT molecular complexity index is 543. The smallest absolute Gasteiger partial charge is 0.0948 e. The molecule has 0 aliphatic carbocycles. The summed E-state index contributed by atoms with van der Waals surface area (Å²) < 4.78 is 0.965. The van der Waals surface area contributed by atoms with Crippen molar-refractivity contribution in [3.05, 3.63) is 44.6 Å². The molecule has 1 atom stereocenters. The number of thiazole rings is 1. The molecular weight excluding hydrogens is 322 g/mol. The first-order valence-electron chi connectivity index (χ1n) is 6.18. The summed E-state index contributed by atoms with van der Waals surface area (Å²) in [6.45, 7) is 6.51. The highest BCUT2D eigenvalue weighted by Crippen LogP contribution is 2.26. The standard InChI is InChI=1S/C14H18BrN3S/c1-14(2,3)12-8-19-13(18-12)6-10(16)11-5-4-9(15)7-17-11/h4-5,7-8,10H,6,16H2,1-3H3.